The molecule has 94 valence electrons. The molecule has 0 aromatic heterocycles. The molecule has 0 unspecified atom stereocenters. The van der Waals surface area contributed by atoms with Gasteiger partial charge in [-0.15, -0.1) is 0 Å². The average Bonchev–Trinajstić information content (AvgIpc) is 2.26. The van der Waals surface area contributed by atoms with Gasteiger partial charge in [0.1, 0.15) is 5.75 Å². The van der Waals surface area contributed by atoms with Gasteiger partial charge in [-0.1, -0.05) is 0 Å². The van der Waals surface area contributed by atoms with Crippen LogP contribution in [-0.2, 0) is 0 Å². The van der Waals surface area contributed by atoms with Crippen LogP contribution in [0.15, 0.2) is 24.3 Å². The summed E-state index contributed by atoms with van der Waals surface area (Å²) in [5, 5.41) is 0. The Hall–Kier alpha value is -1.35. The Bertz CT molecular complexity index is 355. The first-order chi connectivity index (χ1) is 7.99. The molecule has 0 aliphatic carbocycles. The lowest BCUT2D eigenvalue weighted by Crippen LogP contribution is -2.16. The van der Waals surface area contributed by atoms with Crippen LogP contribution in [0, 0.1) is 0 Å². The molecule has 0 saturated heterocycles. The number of ether oxygens (including phenoxy) is 1. The number of carbonyl (C=O) groups is 1. The van der Waals surface area contributed by atoms with E-state index in [-0.39, 0.29) is 11.9 Å². The molecule has 1 aromatic rings. The number of rotatable bonds is 6. The number of carbonyl (C=O) groups excluding carboxylic acids is 1. The van der Waals surface area contributed by atoms with E-state index in [4.69, 9.17) is 4.74 Å². The highest BCUT2D eigenvalue weighted by molar-refractivity contribution is 5.96. The Morgan fingerprint density at radius 3 is 2.29 bits per heavy atom. The van der Waals surface area contributed by atoms with Gasteiger partial charge in [-0.25, -0.2) is 0 Å². The van der Waals surface area contributed by atoms with E-state index < -0.39 is 0 Å². The molecule has 0 aliphatic heterocycles. The molecule has 0 bridgehead atoms. The molecule has 0 heterocycles. The zero-order chi connectivity index (χ0) is 12.8. The van der Waals surface area contributed by atoms with Crippen LogP contribution in [0.2, 0.25) is 0 Å². The number of hydrogen-bond acceptors (Lipinski definition) is 3. The highest BCUT2D eigenvalue weighted by Gasteiger charge is 2.06. The zero-order valence-corrected chi connectivity index (χ0v) is 11.1. The van der Waals surface area contributed by atoms with Crippen molar-refractivity contribution in [1.82, 2.24) is 4.90 Å². The number of benzene rings is 1. The standard InChI is InChI=1S/C14H21NO2/c1-11(2)17-13-7-5-12(6-8-13)14(16)9-10-15(3)4/h5-8,11H,9-10H2,1-4H3. The van der Waals surface area contributed by atoms with Crippen LogP contribution < -0.4 is 4.74 Å². The largest absolute Gasteiger partial charge is 0.491 e. The normalized spacial score (nSPS) is 10.9. The van der Waals surface area contributed by atoms with Crippen molar-refractivity contribution >= 4 is 5.78 Å². The molecule has 0 aliphatic rings. The van der Waals surface area contributed by atoms with Crippen molar-refractivity contribution in [2.24, 2.45) is 0 Å². The van der Waals surface area contributed by atoms with Crippen LogP contribution in [0.25, 0.3) is 0 Å². The van der Waals surface area contributed by atoms with Gasteiger partial charge in [0.15, 0.2) is 5.78 Å². The minimum atomic E-state index is 0.158. The molecule has 0 atom stereocenters. The number of hydrogen-bond donors (Lipinski definition) is 0. The van der Waals surface area contributed by atoms with E-state index >= 15 is 0 Å². The highest BCUT2D eigenvalue weighted by Crippen LogP contribution is 2.14. The van der Waals surface area contributed by atoms with Gasteiger partial charge in [0.05, 0.1) is 6.10 Å². The summed E-state index contributed by atoms with van der Waals surface area (Å²) in [5.74, 6) is 0.985. The lowest BCUT2D eigenvalue weighted by Gasteiger charge is -2.10. The smallest absolute Gasteiger partial charge is 0.164 e. The van der Waals surface area contributed by atoms with Crippen LogP contribution in [-0.4, -0.2) is 37.4 Å². The van der Waals surface area contributed by atoms with Crippen LogP contribution in [0.5, 0.6) is 5.75 Å². The van der Waals surface area contributed by atoms with E-state index in [1.165, 1.54) is 0 Å². The Morgan fingerprint density at radius 1 is 1.24 bits per heavy atom. The van der Waals surface area contributed by atoms with Gasteiger partial charge in [0, 0.05) is 18.5 Å². The molecule has 0 amide bonds. The van der Waals surface area contributed by atoms with Crippen molar-refractivity contribution in [3.8, 4) is 5.75 Å². The summed E-state index contributed by atoms with van der Waals surface area (Å²) in [6.07, 6.45) is 0.711. The van der Waals surface area contributed by atoms with Crippen LogP contribution >= 0.6 is 0 Å². The van der Waals surface area contributed by atoms with E-state index in [9.17, 15) is 4.79 Å². The highest BCUT2D eigenvalue weighted by atomic mass is 16.5. The zero-order valence-electron chi connectivity index (χ0n) is 11.1. The lowest BCUT2D eigenvalue weighted by atomic mass is 10.1. The van der Waals surface area contributed by atoms with Gasteiger partial charge in [0.2, 0.25) is 0 Å². The molecular weight excluding hydrogens is 214 g/mol. The molecular formula is C14H21NO2. The quantitative estimate of drug-likeness (QED) is 0.710. The Morgan fingerprint density at radius 2 is 1.82 bits per heavy atom. The molecule has 0 N–H and O–H groups in total. The van der Waals surface area contributed by atoms with E-state index in [1.807, 2.05) is 57.1 Å². The van der Waals surface area contributed by atoms with Crippen molar-refractivity contribution in [1.29, 1.82) is 0 Å². The molecule has 1 aromatic carbocycles. The van der Waals surface area contributed by atoms with E-state index in [1.54, 1.807) is 0 Å². The predicted molar refractivity (Wildman–Crippen MR) is 69.7 cm³/mol. The summed E-state index contributed by atoms with van der Waals surface area (Å²) < 4.78 is 5.53. The van der Waals surface area contributed by atoms with Gasteiger partial charge in [0.25, 0.3) is 0 Å². The van der Waals surface area contributed by atoms with E-state index in [2.05, 4.69) is 0 Å². The van der Waals surface area contributed by atoms with Gasteiger partial charge >= 0.3 is 0 Å². The molecule has 0 fully saturated rings. The maximum Gasteiger partial charge on any atom is 0.164 e. The lowest BCUT2D eigenvalue weighted by molar-refractivity contribution is 0.0972. The first kappa shape index (κ1) is 13.7. The molecule has 17 heavy (non-hydrogen) atoms. The summed E-state index contributed by atoms with van der Waals surface area (Å²) in [6.45, 7) is 4.75. The van der Waals surface area contributed by atoms with E-state index in [0.717, 1.165) is 17.9 Å². The maximum absolute atomic E-state index is 11.8. The fraction of sp³-hybridized carbons (Fsp3) is 0.500. The van der Waals surface area contributed by atoms with E-state index in [0.29, 0.717) is 6.42 Å². The summed E-state index contributed by atoms with van der Waals surface area (Å²) in [6, 6.07) is 7.36. The van der Waals surface area contributed by atoms with Crippen LogP contribution in [0.3, 0.4) is 0 Å². The van der Waals surface area contributed by atoms with Gasteiger partial charge < -0.3 is 9.64 Å². The minimum absolute atomic E-state index is 0.158. The fourth-order valence-electron chi connectivity index (χ4n) is 1.46. The Labute approximate surface area is 103 Å². The van der Waals surface area contributed by atoms with Crippen molar-refractivity contribution < 1.29 is 9.53 Å². The Balaban J connectivity index is 2.57. The first-order valence-corrected chi connectivity index (χ1v) is 5.93. The van der Waals surface area contributed by atoms with Crippen molar-refractivity contribution in [2.45, 2.75) is 26.4 Å². The second kappa shape index (κ2) is 6.40. The van der Waals surface area contributed by atoms with Gasteiger partial charge in [-0.2, -0.15) is 0 Å². The molecule has 3 heteroatoms. The minimum Gasteiger partial charge on any atom is -0.491 e. The van der Waals surface area contributed by atoms with Crippen LogP contribution in [0.4, 0.5) is 0 Å². The summed E-state index contributed by atoms with van der Waals surface area (Å²) in [5.41, 5.74) is 0.753. The fourth-order valence-corrected chi connectivity index (χ4v) is 1.46. The molecule has 3 nitrogen and oxygen atoms in total. The third kappa shape index (κ3) is 5.00. The molecule has 0 saturated carbocycles. The monoisotopic (exact) mass is 235 g/mol. The Kier molecular flexibility index (Phi) is 5.16. The third-order valence-corrected chi connectivity index (χ3v) is 2.33. The molecule has 0 spiro atoms. The number of nitrogens with zero attached hydrogens (tertiary/aromatic N) is 1. The summed E-state index contributed by atoms with van der Waals surface area (Å²) >= 11 is 0. The summed E-state index contributed by atoms with van der Waals surface area (Å²) in [4.78, 5) is 13.8. The summed E-state index contributed by atoms with van der Waals surface area (Å²) in [7, 11) is 3.93. The average molecular weight is 235 g/mol. The topological polar surface area (TPSA) is 29.5 Å². The molecule has 0 radical (unpaired) electrons. The SMILES string of the molecule is CC(C)Oc1ccc(C(=O)CCN(C)C)cc1. The second-order valence-electron chi connectivity index (χ2n) is 4.67. The number of Topliss-reactive ketones (excluding diaryl/α,β-unsaturated/α-hetero) is 1. The van der Waals surface area contributed by atoms with Crippen molar-refractivity contribution in [2.75, 3.05) is 20.6 Å². The first-order valence-electron chi connectivity index (χ1n) is 5.93. The van der Waals surface area contributed by atoms with Gasteiger partial charge in [-0.05, 0) is 52.2 Å². The number of ketones is 1. The second-order valence-corrected chi connectivity index (χ2v) is 4.67. The van der Waals surface area contributed by atoms with Gasteiger partial charge in [-0.3, -0.25) is 4.79 Å². The van der Waals surface area contributed by atoms with Crippen LogP contribution in [0.1, 0.15) is 30.6 Å². The third-order valence-electron chi connectivity index (χ3n) is 2.33. The maximum atomic E-state index is 11.8. The van der Waals surface area contributed by atoms with Crippen molar-refractivity contribution in [3.05, 3.63) is 29.8 Å². The predicted octanol–water partition coefficient (Wildman–Crippen LogP) is 2.61. The molecule has 1 rings (SSSR count). The van der Waals surface area contributed by atoms with Crippen molar-refractivity contribution in [3.63, 3.8) is 0 Å².